The van der Waals surface area contributed by atoms with Crippen molar-refractivity contribution in [2.75, 3.05) is 0 Å². The van der Waals surface area contributed by atoms with Crippen molar-refractivity contribution in [1.29, 1.82) is 0 Å². The standard InChI is InChI=1S/C13H27N/c1-11(2,3)10-8-9-12(4,5)14-13(10,6)7/h10,14H,8-9H2,1-7H3. The molecule has 0 aromatic carbocycles. The predicted octanol–water partition coefficient (Wildman–Crippen LogP) is 3.59. The Balaban J connectivity index is 2.84. The second kappa shape index (κ2) is 3.23. The molecule has 0 spiro atoms. The summed E-state index contributed by atoms with van der Waals surface area (Å²) in [4.78, 5) is 0. The molecule has 1 rings (SSSR count). The van der Waals surface area contributed by atoms with Gasteiger partial charge in [-0.15, -0.1) is 0 Å². The number of rotatable bonds is 0. The summed E-state index contributed by atoms with van der Waals surface area (Å²) in [5.74, 6) is 0.767. The Hall–Kier alpha value is -0.0400. The van der Waals surface area contributed by atoms with Crippen molar-refractivity contribution in [2.24, 2.45) is 11.3 Å². The van der Waals surface area contributed by atoms with Gasteiger partial charge in [0.25, 0.3) is 0 Å². The smallest absolute Gasteiger partial charge is 0.0163 e. The summed E-state index contributed by atoms with van der Waals surface area (Å²) >= 11 is 0. The van der Waals surface area contributed by atoms with Gasteiger partial charge in [-0.2, -0.15) is 0 Å². The molecule has 0 aromatic heterocycles. The predicted molar refractivity (Wildman–Crippen MR) is 63.5 cm³/mol. The maximum absolute atomic E-state index is 3.79. The van der Waals surface area contributed by atoms with Crippen molar-refractivity contribution in [2.45, 2.75) is 72.4 Å². The van der Waals surface area contributed by atoms with Crippen LogP contribution in [0.3, 0.4) is 0 Å². The number of hydrogen-bond donors (Lipinski definition) is 1. The van der Waals surface area contributed by atoms with E-state index in [1.165, 1.54) is 12.8 Å². The van der Waals surface area contributed by atoms with E-state index in [2.05, 4.69) is 53.8 Å². The van der Waals surface area contributed by atoms with Gasteiger partial charge in [-0.3, -0.25) is 0 Å². The van der Waals surface area contributed by atoms with Gasteiger partial charge in [0, 0.05) is 11.1 Å². The van der Waals surface area contributed by atoms with Crippen LogP contribution < -0.4 is 5.32 Å². The van der Waals surface area contributed by atoms with Crippen LogP contribution in [0.15, 0.2) is 0 Å². The molecule has 1 N–H and O–H groups in total. The van der Waals surface area contributed by atoms with Crippen molar-refractivity contribution in [3.63, 3.8) is 0 Å². The first kappa shape index (κ1) is 12.0. The SMILES string of the molecule is CC1(C)CCC(C(C)(C)C)C(C)(C)N1. The van der Waals surface area contributed by atoms with Gasteiger partial charge in [-0.1, -0.05) is 20.8 Å². The maximum Gasteiger partial charge on any atom is 0.0163 e. The van der Waals surface area contributed by atoms with E-state index in [1.807, 2.05) is 0 Å². The third-order valence-electron chi connectivity index (χ3n) is 3.64. The molecule has 1 fully saturated rings. The normalized spacial score (nSPS) is 31.5. The molecular formula is C13H27N. The summed E-state index contributed by atoms with van der Waals surface area (Å²) in [6, 6.07) is 0. The second-order valence-corrected chi connectivity index (χ2v) is 7.19. The number of nitrogens with one attached hydrogen (secondary N) is 1. The third kappa shape index (κ3) is 2.50. The summed E-state index contributed by atoms with van der Waals surface area (Å²) in [6.45, 7) is 16.4. The lowest BCUT2D eigenvalue weighted by molar-refractivity contribution is 0.0382. The Bertz CT molecular complexity index is 208. The summed E-state index contributed by atoms with van der Waals surface area (Å²) in [5, 5.41) is 3.79. The van der Waals surface area contributed by atoms with E-state index >= 15 is 0 Å². The molecule has 0 radical (unpaired) electrons. The van der Waals surface area contributed by atoms with Crippen molar-refractivity contribution in [3.05, 3.63) is 0 Å². The van der Waals surface area contributed by atoms with Crippen LogP contribution in [0.4, 0.5) is 0 Å². The molecule has 1 heteroatoms. The van der Waals surface area contributed by atoms with Crippen LogP contribution in [0.5, 0.6) is 0 Å². The topological polar surface area (TPSA) is 12.0 Å². The van der Waals surface area contributed by atoms with E-state index in [9.17, 15) is 0 Å². The second-order valence-electron chi connectivity index (χ2n) is 7.19. The Morgan fingerprint density at radius 1 is 1.07 bits per heavy atom. The minimum atomic E-state index is 0.264. The zero-order chi connectivity index (χ0) is 11.2. The zero-order valence-corrected chi connectivity index (χ0v) is 11.0. The lowest BCUT2D eigenvalue weighted by Crippen LogP contribution is -2.62. The fourth-order valence-electron chi connectivity index (χ4n) is 3.40. The first-order chi connectivity index (χ1) is 6.05. The molecule has 1 heterocycles. The van der Waals surface area contributed by atoms with E-state index in [1.54, 1.807) is 0 Å². The fourth-order valence-corrected chi connectivity index (χ4v) is 3.40. The molecule has 0 amide bonds. The summed E-state index contributed by atoms with van der Waals surface area (Å²) < 4.78 is 0. The van der Waals surface area contributed by atoms with E-state index in [0.717, 1.165) is 5.92 Å². The van der Waals surface area contributed by atoms with Crippen LogP contribution in [0.25, 0.3) is 0 Å². The molecule has 0 aromatic rings. The highest BCUT2D eigenvalue weighted by Crippen LogP contribution is 2.43. The van der Waals surface area contributed by atoms with Gasteiger partial charge < -0.3 is 5.32 Å². The average Bonchev–Trinajstić information content (AvgIpc) is 1.76. The number of hydrogen-bond acceptors (Lipinski definition) is 1. The molecule has 1 atom stereocenters. The molecule has 1 nitrogen and oxygen atoms in total. The largest absolute Gasteiger partial charge is 0.307 e. The summed E-state index contributed by atoms with van der Waals surface area (Å²) in [6.07, 6.45) is 2.63. The number of piperidine rings is 1. The average molecular weight is 197 g/mol. The van der Waals surface area contributed by atoms with Gasteiger partial charge in [0.05, 0.1) is 0 Å². The van der Waals surface area contributed by atoms with Crippen LogP contribution in [0.2, 0.25) is 0 Å². The first-order valence-electron chi connectivity index (χ1n) is 5.84. The van der Waals surface area contributed by atoms with Gasteiger partial charge in [-0.05, 0) is 51.9 Å². The van der Waals surface area contributed by atoms with Crippen molar-refractivity contribution in [1.82, 2.24) is 5.32 Å². The molecule has 14 heavy (non-hydrogen) atoms. The molecule has 0 bridgehead atoms. The molecule has 0 saturated carbocycles. The van der Waals surface area contributed by atoms with Gasteiger partial charge in [0.15, 0.2) is 0 Å². The molecule has 1 unspecified atom stereocenters. The summed E-state index contributed by atoms with van der Waals surface area (Å²) in [7, 11) is 0. The zero-order valence-electron chi connectivity index (χ0n) is 11.0. The van der Waals surface area contributed by atoms with E-state index < -0.39 is 0 Å². The third-order valence-corrected chi connectivity index (χ3v) is 3.64. The van der Waals surface area contributed by atoms with E-state index in [0.29, 0.717) is 11.0 Å². The van der Waals surface area contributed by atoms with Gasteiger partial charge in [-0.25, -0.2) is 0 Å². The van der Waals surface area contributed by atoms with Crippen molar-refractivity contribution < 1.29 is 0 Å². The minimum absolute atomic E-state index is 0.264. The molecule has 1 aliphatic rings. The highest BCUT2D eigenvalue weighted by molar-refractivity contribution is 5.01. The first-order valence-corrected chi connectivity index (χ1v) is 5.84. The molecule has 84 valence electrons. The van der Waals surface area contributed by atoms with Gasteiger partial charge >= 0.3 is 0 Å². The van der Waals surface area contributed by atoms with Crippen LogP contribution >= 0.6 is 0 Å². The monoisotopic (exact) mass is 197 g/mol. The molecule has 0 aliphatic carbocycles. The molecule has 1 aliphatic heterocycles. The van der Waals surface area contributed by atoms with Gasteiger partial charge in [0.2, 0.25) is 0 Å². The van der Waals surface area contributed by atoms with Crippen molar-refractivity contribution >= 4 is 0 Å². The van der Waals surface area contributed by atoms with Crippen LogP contribution in [-0.2, 0) is 0 Å². The van der Waals surface area contributed by atoms with Crippen LogP contribution in [0, 0.1) is 11.3 Å². The van der Waals surface area contributed by atoms with Gasteiger partial charge in [0.1, 0.15) is 0 Å². The highest BCUT2D eigenvalue weighted by Gasteiger charge is 2.44. The Kier molecular flexibility index (Phi) is 2.78. The summed E-state index contributed by atoms with van der Waals surface area (Å²) in [5.41, 5.74) is 0.984. The lowest BCUT2D eigenvalue weighted by Gasteiger charge is -2.52. The van der Waals surface area contributed by atoms with Crippen molar-refractivity contribution in [3.8, 4) is 0 Å². The quantitative estimate of drug-likeness (QED) is 0.626. The lowest BCUT2D eigenvalue weighted by atomic mass is 9.64. The fraction of sp³-hybridized carbons (Fsp3) is 1.00. The Morgan fingerprint density at radius 3 is 1.93 bits per heavy atom. The van der Waals surface area contributed by atoms with Crippen LogP contribution in [-0.4, -0.2) is 11.1 Å². The van der Waals surface area contributed by atoms with E-state index in [4.69, 9.17) is 0 Å². The Labute approximate surface area is 89.7 Å². The van der Waals surface area contributed by atoms with E-state index in [-0.39, 0.29) is 5.54 Å². The highest BCUT2D eigenvalue weighted by atomic mass is 15.1. The minimum Gasteiger partial charge on any atom is -0.307 e. The van der Waals surface area contributed by atoms with Crippen LogP contribution in [0.1, 0.15) is 61.3 Å². The molecule has 1 saturated heterocycles. The molecular weight excluding hydrogens is 170 g/mol. The Morgan fingerprint density at radius 2 is 1.57 bits per heavy atom. The maximum atomic E-state index is 3.79.